The zero-order chi connectivity index (χ0) is 13.2. The summed E-state index contributed by atoms with van der Waals surface area (Å²) in [5, 5.41) is 1.16. The zero-order valence-corrected chi connectivity index (χ0v) is 10.9. The maximum Gasteiger partial charge on any atom is 0.434 e. The summed E-state index contributed by atoms with van der Waals surface area (Å²) < 4.78 is 7.62. The molecule has 0 saturated carbocycles. The van der Waals surface area contributed by atoms with Gasteiger partial charge in [0.15, 0.2) is 5.60 Å². The van der Waals surface area contributed by atoms with Crippen LogP contribution in [-0.2, 0) is 18.2 Å². The molecule has 0 fully saturated rings. The van der Waals surface area contributed by atoms with E-state index in [2.05, 4.69) is 28.7 Å². The average Bonchev–Trinajstić information content (AvgIpc) is 2.84. The van der Waals surface area contributed by atoms with Gasteiger partial charge in [0.2, 0.25) is 0 Å². The summed E-state index contributed by atoms with van der Waals surface area (Å²) in [5.41, 5.74) is 3.77. The van der Waals surface area contributed by atoms with Gasteiger partial charge in [0.25, 0.3) is 0 Å². The van der Waals surface area contributed by atoms with E-state index in [9.17, 15) is 4.79 Å². The number of hydrogen-bond acceptors (Lipinski definition) is 2. The van der Waals surface area contributed by atoms with Crippen molar-refractivity contribution in [1.29, 1.82) is 0 Å². The first-order valence-electron chi connectivity index (χ1n) is 6.49. The lowest BCUT2D eigenvalue weighted by Crippen LogP contribution is -2.39. The molecular formula is C15H14N2O2. The van der Waals surface area contributed by atoms with E-state index in [0.717, 1.165) is 29.5 Å². The van der Waals surface area contributed by atoms with Crippen molar-refractivity contribution in [3.05, 3.63) is 35.5 Å². The third-order valence-electron chi connectivity index (χ3n) is 4.32. The maximum absolute atomic E-state index is 11.6. The van der Waals surface area contributed by atoms with Crippen LogP contribution in [0.25, 0.3) is 10.9 Å². The number of benzene rings is 1. The minimum Gasteiger partial charge on any atom is -0.435 e. The van der Waals surface area contributed by atoms with E-state index in [1.54, 1.807) is 0 Å². The second-order valence-corrected chi connectivity index (χ2v) is 5.46. The standard InChI is InChI=1S/C15H14N2O2/c1-15-8-7-11-12(13(15)16-14(18)19-15)9-5-3-4-6-10(9)17(11)2/h3-6H,7-8H2,1-2H3. The summed E-state index contributed by atoms with van der Waals surface area (Å²) in [6, 6.07) is 8.24. The number of rotatable bonds is 0. The Kier molecular flexibility index (Phi) is 1.85. The van der Waals surface area contributed by atoms with Gasteiger partial charge >= 0.3 is 6.09 Å². The molecular weight excluding hydrogens is 240 g/mol. The zero-order valence-electron chi connectivity index (χ0n) is 10.9. The highest BCUT2D eigenvalue weighted by Gasteiger charge is 2.46. The number of amides is 1. The minimum absolute atomic E-state index is 0.460. The van der Waals surface area contributed by atoms with Crippen LogP contribution >= 0.6 is 0 Å². The van der Waals surface area contributed by atoms with Gasteiger partial charge in [0.05, 0.1) is 0 Å². The lowest BCUT2D eigenvalue weighted by Gasteiger charge is -2.29. The van der Waals surface area contributed by atoms with E-state index in [-0.39, 0.29) is 0 Å². The first-order chi connectivity index (χ1) is 9.10. The number of aliphatic imine (C=N–C) groups is 1. The Morgan fingerprint density at radius 3 is 3.00 bits per heavy atom. The van der Waals surface area contributed by atoms with E-state index >= 15 is 0 Å². The Balaban J connectivity index is 2.11. The summed E-state index contributed by atoms with van der Waals surface area (Å²) in [4.78, 5) is 15.7. The first-order valence-corrected chi connectivity index (χ1v) is 6.49. The molecule has 0 bridgehead atoms. The van der Waals surface area contributed by atoms with Gasteiger partial charge in [-0.3, -0.25) is 0 Å². The van der Waals surface area contributed by atoms with Gasteiger partial charge in [-0.05, 0) is 25.8 Å². The molecule has 4 heteroatoms. The fourth-order valence-corrected chi connectivity index (χ4v) is 3.32. The quantitative estimate of drug-likeness (QED) is 0.725. The Hall–Kier alpha value is -2.10. The number of carbonyl (C=O) groups is 1. The van der Waals surface area contributed by atoms with Crippen molar-refractivity contribution in [2.24, 2.45) is 12.0 Å². The molecule has 1 atom stereocenters. The van der Waals surface area contributed by atoms with E-state index in [4.69, 9.17) is 4.74 Å². The molecule has 0 radical (unpaired) electrons. The van der Waals surface area contributed by atoms with Gasteiger partial charge < -0.3 is 9.30 Å². The Morgan fingerprint density at radius 1 is 1.37 bits per heavy atom. The van der Waals surface area contributed by atoms with Crippen molar-refractivity contribution >= 4 is 22.7 Å². The molecule has 2 aromatic rings. The summed E-state index contributed by atoms with van der Waals surface area (Å²) in [6.07, 6.45) is 1.25. The van der Waals surface area contributed by atoms with Crippen LogP contribution in [0, 0.1) is 0 Å². The van der Waals surface area contributed by atoms with Crippen molar-refractivity contribution in [3.8, 4) is 0 Å². The molecule has 1 aliphatic carbocycles. The lowest BCUT2D eigenvalue weighted by molar-refractivity contribution is 0.0870. The third kappa shape index (κ3) is 1.23. The van der Waals surface area contributed by atoms with Gasteiger partial charge in [-0.25, -0.2) is 4.79 Å². The van der Waals surface area contributed by atoms with Crippen LogP contribution in [0.2, 0.25) is 0 Å². The Morgan fingerprint density at radius 2 is 2.16 bits per heavy atom. The molecule has 1 aromatic heterocycles. The minimum atomic E-state index is -0.547. The molecule has 2 heterocycles. The summed E-state index contributed by atoms with van der Waals surface area (Å²) in [5.74, 6) is 0. The molecule has 1 aliphatic heterocycles. The molecule has 19 heavy (non-hydrogen) atoms. The fraction of sp³-hybridized carbons (Fsp3) is 0.333. The first kappa shape index (κ1) is 10.8. The molecule has 1 unspecified atom stereocenters. The predicted octanol–water partition coefficient (Wildman–Crippen LogP) is 2.82. The SMILES string of the molecule is Cn1c2c(c3ccccc31)C1=NC(=O)OC1(C)CC2. The number of aromatic nitrogens is 1. The second kappa shape index (κ2) is 3.26. The summed E-state index contributed by atoms with van der Waals surface area (Å²) >= 11 is 0. The Bertz CT molecular complexity index is 757. The van der Waals surface area contributed by atoms with Crippen LogP contribution in [0.4, 0.5) is 4.79 Å². The molecule has 0 saturated heterocycles. The number of fused-ring (bicyclic) bond motifs is 5. The molecule has 4 nitrogen and oxygen atoms in total. The maximum atomic E-state index is 11.6. The van der Waals surface area contributed by atoms with Crippen molar-refractivity contribution < 1.29 is 9.53 Å². The number of nitrogens with zero attached hydrogens (tertiary/aromatic N) is 2. The summed E-state index contributed by atoms with van der Waals surface area (Å²) in [6.45, 7) is 1.96. The molecule has 0 spiro atoms. The lowest BCUT2D eigenvalue weighted by atomic mass is 9.82. The van der Waals surface area contributed by atoms with Gasteiger partial charge in [0.1, 0.15) is 5.71 Å². The molecule has 2 aliphatic rings. The molecule has 1 amide bonds. The monoisotopic (exact) mass is 254 g/mol. The highest BCUT2D eigenvalue weighted by molar-refractivity contribution is 6.21. The van der Waals surface area contributed by atoms with Crippen LogP contribution < -0.4 is 0 Å². The number of carbonyl (C=O) groups excluding carboxylic acids is 1. The van der Waals surface area contributed by atoms with Gasteiger partial charge in [-0.2, -0.15) is 4.99 Å². The summed E-state index contributed by atoms with van der Waals surface area (Å²) in [7, 11) is 2.07. The fourth-order valence-electron chi connectivity index (χ4n) is 3.32. The highest BCUT2D eigenvalue weighted by Crippen LogP contribution is 2.40. The molecule has 4 rings (SSSR count). The van der Waals surface area contributed by atoms with Crippen molar-refractivity contribution in [1.82, 2.24) is 4.57 Å². The van der Waals surface area contributed by atoms with E-state index < -0.39 is 11.7 Å². The molecule has 96 valence electrons. The predicted molar refractivity (Wildman–Crippen MR) is 72.7 cm³/mol. The number of aryl methyl sites for hydroxylation is 1. The van der Waals surface area contributed by atoms with E-state index in [1.807, 2.05) is 19.1 Å². The van der Waals surface area contributed by atoms with Gasteiger partial charge in [-0.15, -0.1) is 0 Å². The van der Waals surface area contributed by atoms with Crippen LogP contribution in [-0.4, -0.2) is 22.0 Å². The topological polar surface area (TPSA) is 43.6 Å². The van der Waals surface area contributed by atoms with Crippen molar-refractivity contribution in [3.63, 3.8) is 0 Å². The number of hydrogen-bond donors (Lipinski definition) is 0. The van der Waals surface area contributed by atoms with E-state index in [1.165, 1.54) is 11.2 Å². The Labute approximate surface area is 110 Å². The van der Waals surface area contributed by atoms with Crippen LogP contribution in [0.3, 0.4) is 0 Å². The molecule has 1 aromatic carbocycles. The smallest absolute Gasteiger partial charge is 0.434 e. The second-order valence-electron chi connectivity index (χ2n) is 5.46. The van der Waals surface area contributed by atoms with Crippen LogP contribution in [0.1, 0.15) is 24.6 Å². The van der Waals surface area contributed by atoms with Crippen molar-refractivity contribution in [2.75, 3.05) is 0 Å². The highest BCUT2D eigenvalue weighted by atomic mass is 16.6. The number of ether oxygens (including phenoxy) is 1. The average molecular weight is 254 g/mol. The van der Waals surface area contributed by atoms with E-state index in [0.29, 0.717) is 0 Å². The van der Waals surface area contributed by atoms with Gasteiger partial charge in [-0.1, -0.05) is 18.2 Å². The van der Waals surface area contributed by atoms with Crippen LogP contribution in [0.15, 0.2) is 29.3 Å². The molecule has 0 N–H and O–H groups in total. The normalized spacial score (nSPS) is 24.9. The van der Waals surface area contributed by atoms with Gasteiger partial charge in [0, 0.05) is 29.2 Å². The largest absolute Gasteiger partial charge is 0.435 e. The third-order valence-corrected chi connectivity index (χ3v) is 4.32. The number of para-hydroxylation sites is 1. The van der Waals surface area contributed by atoms with Crippen molar-refractivity contribution in [2.45, 2.75) is 25.4 Å². The van der Waals surface area contributed by atoms with Crippen LogP contribution in [0.5, 0.6) is 0 Å².